The lowest BCUT2D eigenvalue weighted by atomic mass is 10.1. The summed E-state index contributed by atoms with van der Waals surface area (Å²) in [6, 6.07) is 7.50. The van der Waals surface area contributed by atoms with E-state index in [0.29, 0.717) is 6.04 Å². The number of nitrogens with zero attached hydrogens (tertiary/aromatic N) is 1. The summed E-state index contributed by atoms with van der Waals surface area (Å²) < 4.78 is 0. The second kappa shape index (κ2) is 6.42. The van der Waals surface area contributed by atoms with Gasteiger partial charge in [0.25, 0.3) is 0 Å². The Bertz CT molecular complexity index is 408. The lowest BCUT2D eigenvalue weighted by molar-refractivity contribution is 0.642. The van der Waals surface area contributed by atoms with E-state index in [9.17, 15) is 0 Å². The summed E-state index contributed by atoms with van der Waals surface area (Å²) in [4.78, 5) is 2.57. The Morgan fingerprint density at radius 2 is 2.05 bits per heavy atom. The second-order valence-corrected chi connectivity index (χ2v) is 6.09. The number of nitrogens with one attached hydrogen (secondary N) is 1. The molecular weight excluding hydrogens is 232 g/mol. The molecule has 1 aliphatic carbocycles. The molecule has 1 aromatic carbocycles. The highest BCUT2D eigenvalue weighted by atomic mass is 15.2. The van der Waals surface area contributed by atoms with Gasteiger partial charge in [-0.3, -0.25) is 0 Å². The highest BCUT2D eigenvalue weighted by Gasteiger charge is 2.26. The van der Waals surface area contributed by atoms with Crippen LogP contribution in [0.5, 0.6) is 0 Å². The minimum atomic E-state index is 0.582. The van der Waals surface area contributed by atoms with Crippen molar-refractivity contribution in [3.63, 3.8) is 0 Å². The van der Waals surface area contributed by atoms with Gasteiger partial charge in [-0.15, -0.1) is 0 Å². The van der Waals surface area contributed by atoms with Gasteiger partial charge in [0.1, 0.15) is 0 Å². The fourth-order valence-electron chi connectivity index (χ4n) is 2.59. The number of anilines is 1. The van der Waals surface area contributed by atoms with Gasteiger partial charge in [-0.2, -0.15) is 0 Å². The summed E-state index contributed by atoms with van der Waals surface area (Å²) in [7, 11) is 0. The Balaban J connectivity index is 2.12. The third kappa shape index (κ3) is 3.97. The van der Waals surface area contributed by atoms with Crippen LogP contribution in [-0.4, -0.2) is 19.1 Å². The van der Waals surface area contributed by atoms with Crippen molar-refractivity contribution in [2.75, 3.05) is 18.0 Å². The van der Waals surface area contributed by atoms with Crippen molar-refractivity contribution in [1.82, 2.24) is 5.32 Å². The third-order valence-corrected chi connectivity index (χ3v) is 3.92. The molecule has 0 amide bonds. The van der Waals surface area contributed by atoms with Gasteiger partial charge in [0, 0.05) is 24.8 Å². The van der Waals surface area contributed by atoms with Crippen LogP contribution >= 0.6 is 0 Å². The molecule has 0 heterocycles. The first-order valence-electron chi connectivity index (χ1n) is 7.68. The molecule has 1 fully saturated rings. The molecule has 2 nitrogen and oxygen atoms in total. The summed E-state index contributed by atoms with van der Waals surface area (Å²) in [5.74, 6) is 0.934. The van der Waals surface area contributed by atoms with Gasteiger partial charge < -0.3 is 10.2 Å². The second-order valence-electron chi connectivity index (χ2n) is 6.09. The molecule has 1 aliphatic rings. The topological polar surface area (TPSA) is 15.3 Å². The largest absolute Gasteiger partial charge is 0.369 e. The quantitative estimate of drug-likeness (QED) is 0.803. The molecule has 19 heavy (non-hydrogen) atoms. The van der Waals surface area contributed by atoms with Crippen molar-refractivity contribution >= 4 is 5.69 Å². The van der Waals surface area contributed by atoms with Crippen LogP contribution in [0, 0.1) is 12.8 Å². The van der Waals surface area contributed by atoms with Crippen molar-refractivity contribution < 1.29 is 0 Å². The van der Waals surface area contributed by atoms with Gasteiger partial charge in [0.2, 0.25) is 0 Å². The van der Waals surface area contributed by atoms with Gasteiger partial charge in [0.05, 0.1) is 0 Å². The smallest absolute Gasteiger partial charge is 0.0398 e. The van der Waals surface area contributed by atoms with Crippen LogP contribution in [-0.2, 0) is 6.54 Å². The van der Waals surface area contributed by atoms with E-state index >= 15 is 0 Å². The maximum atomic E-state index is 3.39. The van der Waals surface area contributed by atoms with Crippen molar-refractivity contribution in [1.29, 1.82) is 0 Å². The highest BCUT2D eigenvalue weighted by molar-refractivity contribution is 5.55. The molecule has 0 aliphatic heterocycles. The molecule has 1 saturated carbocycles. The minimum Gasteiger partial charge on any atom is -0.369 e. The molecule has 2 rings (SSSR count). The van der Waals surface area contributed by atoms with E-state index in [1.54, 1.807) is 0 Å². The van der Waals surface area contributed by atoms with E-state index in [1.807, 2.05) is 0 Å². The zero-order valence-electron chi connectivity index (χ0n) is 12.9. The summed E-state index contributed by atoms with van der Waals surface area (Å²) in [6.07, 6.45) is 2.83. The molecule has 0 atom stereocenters. The van der Waals surface area contributed by atoms with Crippen molar-refractivity contribution in [2.24, 2.45) is 5.92 Å². The Labute approximate surface area is 118 Å². The highest BCUT2D eigenvalue weighted by Crippen LogP contribution is 2.33. The first kappa shape index (κ1) is 14.4. The fourth-order valence-corrected chi connectivity index (χ4v) is 2.59. The van der Waals surface area contributed by atoms with Gasteiger partial charge >= 0.3 is 0 Å². The van der Waals surface area contributed by atoms with Gasteiger partial charge in [-0.05, 0) is 63.3 Å². The molecule has 106 valence electrons. The summed E-state index contributed by atoms with van der Waals surface area (Å²) in [5.41, 5.74) is 4.21. The number of aryl methyl sites for hydroxylation is 1. The average Bonchev–Trinajstić information content (AvgIpc) is 3.18. The monoisotopic (exact) mass is 260 g/mol. The first-order valence-corrected chi connectivity index (χ1v) is 7.68. The third-order valence-electron chi connectivity index (χ3n) is 3.92. The molecule has 0 aromatic heterocycles. The lowest BCUT2D eigenvalue weighted by Gasteiger charge is -2.31. The van der Waals surface area contributed by atoms with Gasteiger partial charge in [0.15, 0.2) is 0 Å². The Kier molecular flexibility index (Phi) is 4.87. The fraction of sp³-hybridized carbons (Fsp3) is 0.647. The average molecular weight is 260 g/mol. The van der Waals surface area contributed by atoms with Crippen LogP contribution in [0.15, 0.2) is 18.2 Å². The minimum absolute atomic E-state index is 0.582. The first-order chi connectivity index (χ1) is 9.11. The summed E-state index contributed by atoms with van der Waals surface area (Å²) in [6.45, 7) is 12.2. The summed E-state index contributed by atoms with van der Waals surface area (Å²) in [5, 5.41) is 3.39. The zero-order chi connectivity index (χ0) is 13.8. The van der Waals surface area contributed by atoms with Crippen molar-refractivity contribution in [2.45, 2.75) is 53.1 Å². The Morgan fingerprint density at radius 3 is 2.58 bits per heavy atom. The van der Waals surface area contributed by atoms with Crippen LogP contribution in [0.1, 0.15) is 44.7 Å². The maximum absolute atomic E-state index is 3.39. The van der Waals surface area contributed by atoms with E-state index in [2.05, 4.69) is 56.1 Å². The van der Waals surface area contributed by atoms with Crippen LogP contribution in [0.4, 0.5) is 5.69 Å². The van der Waals surface area contributed by atoms with E-state index in [1.165, 1.54) is 36.2 Å². The molecule has 1 aromatic rings. The van der Waals surface area contributed by atoms with Crippen molar-refractivity contribution in [3.05, 3.63) is 29.3 Å². The van der Waals surface area contributed by atoms with Crippen LogP contribution < -0.4 is 10.2 Å². The Hall–Kier alpha value is -1.02. The van der Waals surface area contributed by atoms with Gasteiger partial charge in [-0.1, -0.05) is 19.1 Å². The van der Waals surface area contributed by atoms with Crippen LogP contribution in [0.25, 0.3) is 0 Å². The lowest BCUT2D eigenvalue weighted by Crippen LogP contribution is -2.33. The molecule has 2 heteroatoms. The van der Waals surface area contributed by atoms with E-state index in [4.69, 9.17) is 0 Å². The predicted molar refractivity (Wildman–Crippen MR) is 83.8 cm³/mol. The standard InChI is InChI=1S/C17H28N2/c1-5-18-11-16-8-9-17(14(4)10-16)19(13(2)3)12-15-6-7-15/h8-10,13,15,18H,5-7,11-12H2,1-4H3. The van der Waals surface area contributed by atoms with Crippen LogP contribution in [0.3, 0.4) is 0 Å². The normalized spacial score (nSPS) is 15.0. The molecule has 0 saturated heterocycles. The number of hydrogen-bond acceptors (Lipinski definition) is 2. The van der Waals surface area contributed by atoms with E-state index in [0.717, 1.165) is 19.0 Å². The Morgan fingerprint density at radius 1 is 1.32 bits per heavy atom. The van der Waals surface area contributed by atoms with Gasteiger partial charge in [-0.25, -0.2) is 0 Å². The molecule has 0 unspecified atom stereocenters. The maximum Gasteiger partial charge on any atom is 0.0398 e. The summed E-state index contributed by atoms with van der Waals surface area (Å²) >= 11 is 0. The molecular formula is C17H28N2. The number of rotatable bonds is 7. The van der Waals surface area contributed by atoms with E-state index in [-0.39, 0.29) is 0 Å². The molecule has 0 bridgehead atoms. The number of benzene rings is 1. The van der Waals surface area contributed by atoms with Crippen LogP contribution in [0.2, 0.25) is 0 Å². The SMILES string of the molecule is CCNCc1ccc(N(CC2CC2)C(C)C)c(C)c1. The predicted octanol–water partition coefficient (Wildman–Crippen LogP) is 3.73. The number of hydrogen-bond donors (Lipinski definition) is 1. The molecule has 0 spiro atoms. The molecule has 1 N–H and O–H groups in total. The van der Waals surface area contributed by atoms with E-state index < -0.39 is 0 Å². The molecule has 0 radical (unpaired) electrons. The zero-order valence-corrected chi connectivity index (χ0v) is 12.9. The van der Waals surface area contributed by atoms with Crippen molar-refractivity contribution in [3.8, 4) is 0 Å².